The maximum Gasteiger partial charge on any atom is 0.387 e. The number of hydrogen-bond donors (Lipinski definition) is 0. The van der Waals surface area contributed by atoms with Crippen molar-refractivity contribution in [2.75, 3.05) is 11.6 Å². The van der Waals surface area contributed by atoms with Gasteiger partial charge in [0.1, 0.15) is 5.75 Å². The zero-order valence-corrected chi connectivity index (χ0v) is 11.5. The van der Waals surface area contributed by atoms with Crippen molar-refractivity contribution in [1.29, 1.82) is 0 Å². The molecule has 0 aromatic heterocycles. The average Bonchev–Trinajstić information content (AvgIpc) is 2.28. The van der Waals surface area contributed by atoms with Crippen molar-refractivity contribution >= 4 is 33.5 Å². The van der Waals surface area contributed by atoms with Crippen molar-refractivity contribution in [3.05, 3.63) is 23.8 Å². The third-order valence-electron chi connectivity index (χ3n) is 2.02. The molecule has 0 aliphatic heterocycles. The summed E-state index contributed by atoms with van der Waals surface area (Å²) in [5.74, 6) is -0.0541. The van der Waals surface area contributed by atoms with Crippen LogP contribution >= 0.6 is 27.7 Å². The Balaban J connectivity index is 2.99. The number of carbonyl (C=O) groups is 1. The van der Waals surface area contributed by atoms with Crippen molar-refractivity contribution in [3.8, 4) is 5.75 Å². The van der Waals surface area contributed by atoms with E-state index in [4.69, 9.17) is 0 Å². The van der Waals surface area contributed by atoms with Crippen LogP contribution in [0.2, 0.25) is 0 Å². The van der Waals surface area contributed by atoms with Gasteiger partial charge in [-0.3, -0.25) is 4.79 Å². The first-order valence-electron chi connectivity index (χ1n) is 4.80. The summed E-state index contributed by atoms with van der Waals surface area (Å²) in [4.78, 5) is 12.2. The second-order valence-electron chi connectivity index (χ2n) is 3.11. The smallest absolute Gasteiger partial charge is 0.387 e. The van der Waals surface area contributed by atoms with Crippen LogP contribution in [0.4, 0.5) is 8.78 Å². The monoisotopic (exact) mass is 324 g/mol. The van der Waals surface area contributed by atoms with Gasteiger partial charge in [-0.1, -0.05) is 22.0 Å². The number of ether oxygens (including phenoxy) is 1. The molecule has 0 N–H and O–H groups in total. The molecule has 0 fully saturated rings. The van der Waals surface area contributed by atoms with E-state index >= 15 is 0 Å². The predicted molar refractivity (Wildman–Crippen MR) is 67.6 cm³/mol. The van der Waals surface area contributed by atoms with Crippen LogP contribution in [0.1, 0.15) is 16.8 Å². The van der Waals surface area contributed by atoms with Crippen molar-refractivity contribution in [3.63, 3.8) is 0 Å². The van der Waals surface area contributed by atoms with Gasteiger partial charge in [0.25, 0.3) is 0 Å². The number of benzene rings is 1. The van der Waals surface area contributed by atoms with E-state index in [1.165, 1.54) is 17.8 Å². The van der Waals surface area contributed by atoms with Gasteiger partial charge in [-0.2, -0.15) is 8.78 Å². The number of ketones is 1. The van der Waals surface area contributed by atoms with Gasteiger partial charge < -0.3 is 4.74 Å². The van der Waals surface area contributed by atoms with E-state index in [-0.39, 0.29) is 11.5 Å². The normalized spacial score (nSPS) is 10.6. The Bertz CT molecular complexity index is 399. The van der Waals surface area contributed by atoms with Crippen LogP contribution in [-0.2, 0) is 0 Å². The van der Waals surface area contributed by atoms with E-state index in [9.17, 15) is 13.6 Å². The number of thioether (sulfide) groups is 1. The van der Waals surface area contributed by atoms with Gasteiger partial charge in [0.15, 0.2) is 5.78 Å². The van der Waals surface area contributed by atoms with Gasteiger partial charge in [-0.25, -0.2) is 0 Å². The maximum atomic E-state index is 12.2. The minimum absolute atomic E-state index is 0.0490. The van der Waals surface area contributed by atoms with Gasteiger partial charge in [0, 0.05) is 22.2 Å². The quantitative estimate of drug-likeness (QED) is 0.450. The summed E-state index contributed by atoms with van der Waals surface area (Å²) in [5, 5.41) is 0.543. The number of hydrogen-bond acceptors (Lipinski definition) is 3. The Labute approximate surface area is 111 Å². The minimum atomic E-state index is -2.89. The molecule has 1 rings (SSSR count). The van der Waals surface area contributed by atoms with Crippen LogP contribution in [0.25, 0.3) is 0 Å². The van der Waals surface area contributed by atoms with Crippen molar-refractivity contribution in [2.45, 2.75) is 17.9 Å². The lowest BCUT2D eigenvalue weighted by atomic mass is 10.1. The molecule has 1 aromatic rings. The molecular weight excluding hydrogens is 314 g/mol. The molecule has 6 heteroatoms. The molecular formula is C11H11BrF2O2S. The van der Waals surface area contributed by atoms with Gasteiger partial charge in [-0.15, -0.1) is 11.8 Å². The van der Waals surface area contributed by atoms with Gasteiger partial charge in [0.2, 0.25) is 0 Å². The molecule has 0 saturated carbocycles. The fourth-order valence-electron chi connectivity index (χ4n) is 1.27. The second-order valence-corrected chi connectivity index (χ2v) is 4.75. The topological polar surface area (TPSA) is 26.3 Å². The largest absolute Gasteiger partial charge is 0.434 e. The second kappa shape index (κ2) is 6.96. The molecule has 0 radical (unpaired) electrons. The van der Waals surface area contributed by atoms with Crippen LogP contribution in [0.3, 0.4) is 0 Å². The molecule has 0 aliphatic carbocycles. The molecule has 1 aromatic carbocycles. The Hall–Kier alpha value is -0.620. The summed E-state index contributed by atoms with van der Waals surface area (Å²) in [6.45, 7) is -2.89. The van der Waals surface area contributed by atoms with Crippen LogP contribution in [0, 0.1) is 0 Å². The highest BCUT2D eigenvalue weighted by atomic mass is 79.9. The number of Topliss-reactive ketones (excluding diaryl/α,β-unsaturated/α-hetero) is 1. The summed E-state index contributed by atoms with van der Waals surface area (Å²) in [6, 6.07) is 4.60. The zero-order valence-electron chi connectivity index (χ0n) is 9.08. The Kier molecular flexibility index (Phi) is 5.91. The van der Waals surface area contributed by atoms with E-state index in [0.717, 1.165) is 0 Å². The Morgan fingerprint density at radius 2 is 2.24 bits per heavy atom. The van der Waals surface area contributed by atoms with Crippen LogP contribution in [0.15, 0.2) is 23.1 Å². The van der Waals surface area contributed by atoms with Crippen molar-refractivity contribution in [2.24, 2.45) is 0 Å². The number of alkyl halides is 3. The van der Waals surface area contributed by atoms with Crippen molar-refractivity contribution < 1.29 is 18.3 Å². The highest BCUT2D eigenvalue weighted by Gasteiger charge is 2.13. The third kappa shape index (κ3) is 4.27. The fourth-order valence-corrected chi connectivity index (χ4v) is 2.14. The molecule has 0 amide bonds. The van der Waals surface area contributed by atoms with Crippen LogP contribution < -0.4 is 4.74 Å². The molecule has 0 unspecified atom stereocenters. The van der Waals surface area contributed by atoms with Gasteiger partial charge in [-0.05, 0) is 18.4 Å². The van der Waals surface area contributed by atoms with E-state index in [1.807, 2.05) is 0 Å². The lowest BCUT2D eigenvalue weighted by molar-refractivity contribution is -0.0517. The first-order valence-corrected chi connectivity index (χ1v) is 7.15. The molecule has 17 heavy (non-hydrogen) atoms. The predicted octanol–water partition coefficient (Wildman–Crippen LogP) is 3.98. The molecule has 0 bridgehead atoms. The summed E-state index contributed by atoms with van der Waals surface area (Å²) >= 11 is 4.45. The van der Waals surface area contributed by atoms with E-state index < -0.39 is 6.61 Å². The molecule has 0 aliphatic rings. The molecule has 0 atom stereocenters. The number of carbonyl (C=O) groups excluding carboxylic acids is 1. The number of halogens is 3. The van der Waals surface area contributed by atoms with Crippen LogP contribution in [-0.4, -0.2) is 24.0 Å². The minimum Gasteiger partial charge on any atom is -0.434 e. The summed E-state index contributed by atoms with van der Waals surface area (Å²) in [6.07, 6.45) is 2.08. The van der Waals surface area contributed by atoms with Crippen LogP contribution in [0.5, 0.6) is 5.75 Å². The standard InChI is InChI=1S/C11H11BrF2O2S/c1-17-10-3-2-7(8(15)4-5-12)6-9(10)16-11(13)14/h2-3,6,11H,4-5H2,1H3. The Morgan fingerprint density at radius 3 is 2.76 bits per heavy atom. The maximum absolute atomic E-state index is 12.2. The lowest BCUT2D eigenvalue weighted by Gasteiger charge is -2.10. The Morgan fingerprint density at radius 1 is 1.53 bits per heavy atom. The molecule has 0 heterocycles. The summed E-state index contributed by atoms with van der Waals surface area (Å²) < 4.78 is 28.8. The number of rotatable bonds is 6. The van der Waals surface area contributed by atoms with E-state index in [0.29, 0.717) is 22.2 Å². The average molecular weight is 325 g/mol. The fraction of sp³-hybridized carbons (Fsp3) is 0.364. The van der Waals surface area contributed by atoms with E-state index in [1.54, 1.807) is 18.4 Å². The first-order chi connectivity index (χ1) is 8.08. The molecule has 94 valence electrons. The molecule has 0 saturated heterocycles. The zero-order chi connectivity index (χ0) is 12.8. The van der Waals surface area contributed by atoms with E-state index in [2.05, 4.69) is 20.7 Å². The third-order valence-corrected chi connectivity index (χ3v) is 3.20. The van der Waals surface area contributed by atoms with Gasteiger partial charge in [0.05, 0.1) is 0 Å². The molecule has 0 spiro atoms. The SMILES string of the molecule is CSc1ccc(C(=O)CCBr)cc1OC(F)F. The summed E-state index contributed by atoms with van der Waals surface area (Å²) in [5.41, 5.74) is 0.387. The van der Waals surface area contributed by atoms with Crippen molar-refractivity contribution in [1.82, 2.24) is 0 Å². The van der Waals surface area contributed by atoms with Gasteiger partial charge >= 0.3 is 6.61 Å². The first kappa shape index (κ1) is 14.4. The lowest BCUT2D eigenvalue weighted by Crippen LogP contribution is -2.05. The summed E-state index contributed by atoms with van der Waals surface area (Å²) in [7, 11) is 0. The highest BCUT2D eigenvalue weighted by molar-refractivity contribution is 9.09. The highest BCUT2D eigenvalue weighted by Crippen LogP contribution is 2.30. The molecule has 2 nitrogen and oxygen atoms in total.